The SMILES string of the molecule is COc1ccc(NC(=O)c2ccc(NC(=O)C(C)c3ccc4cc(OC)ccc4c3)cc2)cc1. The fourth-order valence-corrected chi connectivity index (χ4v) is 3.62. The first-order valence-electron chi connectivity index (χ1n) is 10.9. The van der Waals surface area contributed by atoms with E-state index in [1.807, 2.05) is 43.3 Å². The number of carbonyl (C=O) groups excluding carboxylic acids is 2. The number of carbonyl (C=O) groups is 2. The molecule has 0 saturated heterocycles. The molecule has 0 heterocycles. The van der Waals surface area contributed by atoms with Gasteiger partial charge in [-0.3, -0.25) is 9.59 Å². The predicted molar refractivity (Wildman–Crippen MR) is 135 cm³/mol. The van der Waals surface area contributed by atoms with E-state index in [0.717, 1.165) is 27.8 Å². The van der Waals surface area contributed by atoms with Gasteiger partial charge in [-0.2, -0.15) is 0 Å². The van der Waals surface area contributed by atoms with Crippen molar-refractivity contribution in [1.82, 2.24) is 0 Å². The maximum absolute atomic E-state index is 12.8. The number of rotatable bonds is 7. The Hall–Kier alpha value is -4.32. The van der Waals surface area contributed by atoms with Crippen molar-refractivity contribution in [2.24, 2.45) is 0 Å². The highest BCUT2D eigenvalue weighted by molar-refractivity contribution is 6.05. The molecule has 0 spiro atoms. The number of benzene rings is 4. The lowest BCUT2D eigenvalue weighted by molar-refractivity contribution is -0.117. The first-order chi connectivity index (χ1) is 16.5. The summed E-state index contributed by atoms with van der Waals surface area (Å²) in [5.41, 5.74) is 2.71. The van der Waals surface area contributed by atoms with Gasteiger partial charge in [0.2, 0.25) is 5.91 Å². The van der Waals surface area contributed by atoms with E-state index in [2.05, 4.69) is 10.6 Å². The third-order valence-corrected chi connectivity index (χ3v) is 5.73. The quantitative estimate of drug-likeness (QED) is 0.367. The van der Waals surface area contributed by atoms with E-state index < -0.39 is 0 Å². The van der Waals surface area contributed by atoms with Crippen molar-refractivity contribution in [2.75, 3.05) is 24.9 Å². The third-order valence-electron chi connectivity index (χ3n) is 5.73. The summed E-state index contributed by atoms with van der Waals surface area (Å²) >= 11 is 0. The van der Waals surface area contributed by atoms with E-state index >= 15 is 0 Å². The molecule has 6 heteroatoms. The van der Waals surface area contributed by atoms with Crippen molar-refractivity contribution >= 4 is 34.0 Å². The minimum absolute atomic E-state index is 0.122. The van der Waals surface area contributed by atoms with Crippen molar-refractivity contribution in [3.63, 3.8) is 0 Å². The molecule has 2 amide bonds. The molecule has 0 aliphatic carbocycles. The van der Waals surface area contributed by atoms with Crippen LogP contribution in [0.5, 0.6) is 11.5 Å². The molecular formula is C28H26N2O4. The fraction of sp³-hybridized carbons (Fsp3) is 0.143. The first-order valence-corrected chi connectivity index (χ1v) is 10.9. The van der Waals surface area contributed by atoms with Crippen LogP contribution in [-0.4, -0.2) is 26.0 Å². The second-order valence-electron chi connectivity index (χ2n) is 7.94. The molecule has 0 aliphatic rings. The molecule has 6 nitrogen and oxygen atoms in total. The monoisotopic (exact) mass is 454 g/mol. The maximum Gasteiger partial charge on any atom is 0.255 e. The Morgan fingerprint density at radius 1 is 0.676 bits per heavy atom. The summed E-state index contributed by atoms with van der Waals surface area (Å²) in [5.74, 6) is 0.820. The lowest BCUT2D eigenvalue weighted by atomic mass is 9.97. The smallest absolute Gasteiger partial charge is 0.255 e. The van der Waals surface area contributed by atoms with Crippen LogP contribution in [0.15, 0.2) is 84.9 Å². The Balaban J connectivity index is 1.39. The van der Waals surface area contributed by atoms with Gasteiger partial charge in [0.15, 0.2) is 0 Å². The number of methoxy groups -OCH3 is 2. The number of anilines is 2. The van der Waals surface area contributed by atoms with Crippen LogP contribution in [0.2, 0.25) is 0 Å². The van der Waals surface area contributed by atoms with E-state index in [9.17, 15) is 9.59 Å². The topological polar surface area (TPSA) is 76.7 Å². The molecule has 172 valence electrons. The molecule has 4 rings (SSSR count). The van der Waals surface area contributed by atoms with E-state index in [4.69, 9.17) is 9.47 Å². The van der Waals surface area contributed by atoms with Crippen LogP contribution in [-0.2, 0) is 4.79 Å². The molecule has 0 bridgehead atoms. The summed E-state index contributed by atoms with van der Waals surface area (Å²) in [6, 6.07) is 25.7. The highest BCUT2D eigenvalue weighted by Gasteiger charge is 2.16. The molecule has 4 aromatic carbocycles. The molecule has 2 N–H and O–H groups in total. The number of hydrogen-bond donors (Lipinski definition) is 2. The molecular weight excluding hydrogens is 428 g/mol. The third kappa shape index (κ3) is 5.18. The number of hydrogen-bond acceptors (Lipinski definition) is 4. The fourth-order valence-electron chi connectivity index (χ4n) is 3.62. The Kier molecular flexibility index (Phi) is 6.78. The normalized spacial score (nSPS) is 11.5. The minimum Gasteiger partial charge on any atom is -0.497 e. The Morgan fingerprint density at radius 2 is 1.24 bits per heavy atom. The average molecular weight is 455 g/mol. The van der Waals surface area contributed by atoms with Crippen LogP contribution in [0, 0.1) is 0 Å². The second-order valence-corrected chi connectivity index (χ2v) is 7.94. The van der Waals surface area contributed by atoms with Crippen LogP contribution in [0.1, 0.15) is 28.8 Å². The number of nitrogens with one attached hydrogen (secondary N) is 2. The van der Waals surface area contributed by atoms with Crippen molar-refractivity contribution in [3.8, 4) is 11.5 Å². The van der Waals surface area contributed by atoms with Crippen LogP contribution in [0.25, 0.3) is 10.8 Å². The highest BCUT2D eigenvalue weighted by atomic mass is 16.5. The summed E-state index contributed by atoms with van der Waals surface area (Å²) in [4.78, 5) is 25.3. The van der Waals surface area contributed by atoms with Crippen molar-refractivity contribution in [3.05, 3.63) is 96.1 Å². The Bertz CT molecular complexity index is 1310. The van der Waals surface area contributed by atoms with E-state index in [1.54, 1.807) is 62.8 Å². The van der Waals surface area contributed by atoms with Gasteiger partial charge in [0.1, 0.15) is 11.5 Å². The van der Waals surface area contributed by atoms with Gasteiger partial charge in [-0.05, 0) is 83.9 Å². The summed E-state index contributed by atoms with van der Waals surface area (Å²) in [7, 11) is 3.23. The summed E-state index contributed by atoms with van der Waals surface area (Å²) < 4.78 is 10.4. The number of fused-ring (bicyclic) bond motifs is 1. The predicted octanol–water partition coefficient (Wildman–Crippen LogP) is 5.85. The second kappa shape index (κ2) is 10.1. The van der Waals surface area contributed by atoms with Crippen LogP contribution in [0.3, 0.4) is 0 Å². The summed E-state index contributed by atoms with van der Waals surface area (Å²) in [6.45, 7) is 1.87. The molecule has 0 fully saturated rings. The molecule has 0 radical (unpaired) electrons. The molecule has 0 aromatic heterocycles. The van der Waals surface area contributed by atoms with Crippen LogP contribution < -0.4 is 20.1 Å². The molecule has 0 saturated carbocycles. The summed E-state index contributed by atoms with van der Waals surface area (Å²) in [6.07, 6.45) is 0. The minimum atomic E-state index is -0.343. The first kappa shape index (κ1) is 22.9. The zero-order valence-corrected chi connectivity index (χ0v) is 19.3. The molecule has 1 unspecified atom stereocenters. The lowest BCUT2D eigenvalue weighted by Crippen LogP contribution is -2.19. The maximum atomic E-state index is 12.8. The van der Waals surface area contributed by atoms with E-state index in [1.165, 1.54) is 0 Å². The van der Waals surface area contributed by atoms with Gasteiger partial charge < -0.3 is 20.1 Å². The van der Waals surface area contributed by atoms with Gasteiger partial charge in [0.05, 0.1) is 20.1 Å². The van der Waals surface area contributed by atoms with Crippen molar-refractivity contribution in [1.29, 1.82) is 0 Å². The van der Waals surface area contributed by atoms with Gasteiger partial charge >= 0.3 is 0 Å². The Labute approximate surface area is 198 Å². The van der Waals surface area contributed by atoms with Crippen LogP contribution >= 0.6 is 0 Å². The van der Waals surface area contributed by atoms with Crippen molar-refractivity contribution in [2.45, 2.75) is 12.8 Å². The number of amides is 2. The average Bonchev–Trinajstić information content (AvgIpc) is 2.88. The van der Waals surface area contributed by atoms with Gasteiger partial charge in [0, 0.05) is 16.9 Å². The van der Waals surface area contributed by atoms with E-state index in [0.29, 0.717) is 16.9 Å². The molecule has 34 heavy (non-hydrogen) atoms. The highest BCUT2D eigenvalue weighted by Crippen LogP contribution is 2.26. The van der Waals surface area contributed by atoms with Gasteiger partial charge in [-0.1, -0.05) is 24.3 Å². The molecule has 0 aliphatic heterocycles. The van der Waals surface area contributed by atoms with E-state index in [-0.39, 0.29) is 17.7 Å². The van der Waals surface area contributed by atoms with Crippen LogP contribution in [0.4, 0.5) is 11.4 Å². The standard InChI is InChI=1S/C28H26N2O4/c1-18(20-4-5-22-17-26(34-3)13-8-21(22)16-20)27(31)29-23-9-6-19(7-10-23)28(32)30-24-11-14-25(33-2)15-12-24/h4-18H,1-3H3,(H,29,31)(H,30,32). The van der Waals surface area contributed by atoms with Gasteiger partial charge in [0.25, 0.3) is 5.91 Å². The van der Waals surface area contributed by atoms with Gasteiger partial charge in [-0.15, -0.1) is 0 Å². The summed E-state index contributed by atoms with van der Waals surface area (Å²) in [5, 5.41) is 7.87. The van der Waals surface area contributed by atoms with Gasteiger partial charge in [-0.25, -0.2) is 0 Å². The lowest BCUT2D eigenvalue weighted by Gasteiger charge is -2.14. The number of ether oxygens (including phenoxy) is 2. The molecule has 4 aromatic rings. The largest absolute Gasteiger partial charge is 0.497 e. The molecule has 1 atom stereocenters. The Morgan fingerprint density at radius 3 is 1.91 bits per heavy atom. The zero-order valence-electron chi connectivity index (χ0n) is 19.3. The zero-order chi connectivity index (χ0) is 24.1. The van der Waals surface area contributed by atoms with Crippen molar-refractivity contribution < 1.29 is 19.1 Å².